The van der Waals surface area contributed by atoms with Crippen LogP contribution in [-0.2, 0) is 0 Å². The molecule has 0 amide bonds. The molecule has 1 aliphatic carbocycles. The van der Waals surface area contributed by atoms with Crippen molar-refractivity contribution >= 4 is 0 Å². The summed E-state index contributed by atoms with van der Waals surface area (Å²) in [6.07, 6.45) is 3.04. The molecule has 1 aromatic heterocycles. The molecule has 0 radical (unpaired) electrons. The largest absolute Gasteiger partial charge is 0.469 e. The normalized spacial score (nSPS) is 28.8. The number of rotatable bonds is 3. The zero-order valence-corrected chi connectivity index (χ0v) is 6.71. The maximum atomic E-state index is 5.31. The van der Waals surface area contributed by atoms with Gasteiger partial charge in [0.15, 0.2) is 0 Å². The molecule has 0 saturated heterocycles. The van der Waals surface area contributed by atoms with Crippen LogP contribution in [0.25, 0.3) is 0 Å². The topological polar surface area (TPSA) is 25.2 Å². The zero-order valence-electron chi connectivity index (χ0n) is 6.71. The molecule has 2 heteroatoms. The fourth-order valence-corrected chi connectivity index (χ4v) is 1.59. The van der Waals surface area contributed by atoms with E-state index in [1.54, 1.807) is 6.26 Å². The molecule has 1 fully saturated rings. The first kappa shape index (κ1) is 6.92. The standard InChI is InChI=1S/C9H13NO/c1-10-6-7-5-8(7)9-3-2-4-11-9/h2-4,7-8,10H,5-6H2,1H3/t7-,8-/m1/s1. The summed E-state index contributed by atoms with van der Waals surface area (Å²) >= 11 is 0. The van der Waals surface area contributed by atoms with Gasteiger partial charge in [0.05, 0.1) is 6.26 Å². The van der Waals surface area contributed by atoms with E-state index in [9.17, 15) is 0 Å². The van der Waals surface area contributed by atoms with Gasteiger partial charge in [-0.15, -0.1) is 0 Å². The van der Waals surface area contributed by atoms with Crippen LogP contribution in [0.1, 0.15) is 18.1 Å². The van der Waals surface area contributed by atoms with Gasteiger partial charge in [0, 0.05) is 5.92 Å². The van der Waals surface area contributed by atoms with Gasteiger partial charge in [0.2, 0.25) is 0 Å². The van der Waals surface area contributed by atoms with Crippen molar-refractivity contribution in [2.75, 3.05) is 13.6 Å². The molecular formula is C9H13NO. The van der Waals surface area contributed by atoms with Crippen LogP contribution in [0.5, 0.6) is 0 Å². The minimum absolute atomic E-state index is 0.692. The van der Waals surface area contributed by atoms with E-state index in [1.807, 2.05) is 13.1 Å². The van der Waals surface area contributed by atoms with Crippen molar-refractivity contribution in [3.05, 3.63) is 24.2 Å². The lowest BCUT2D eigenvalue weighted by Crippen LogP contribution is -2.09. The minimum Gasteiger partial charge on any atom is -0.469 e. The van der Waals surface area contributed by atoms with Crippen molar-refractivity contribution in [2.24, 2.45) is 5.92 Å². The predicted molar refractivity (Wildman–Crippen MR) is 43.5 cm³/mol. The average molecular weight is 151 g/mol. The van der Waals surface area contributed by atoms with Crippen LogP contribution in [-0.4, -0.2) is 13.6 Å². The molecule has 1 saturated carbocycles. The molecule has 2 atom stereocenters. The summed E-state index contributed by atoms with van der Waals surface area (Å²) in [6, 6.07) is 4.03. The summed E-state index contributed by atoms with van der Waals surface area (Å²) in [7, 11) is 2.00. The van der Waals surface area contributed by atoms with Crippen LogP contribution in [0.3, 0.4) is 0 Å². The predicted octanol–water partition coefficient (Wildman–Crippen LogP) is 1.60. The second-order valence-electron chi connectivity index (χ2n) is 3.18. The second kappa shape index (κ2) is 2.70. The highest BCUT2D eigenvalue weighted by Crippen LogP contribution is 2.46. The minimum atomic E-state index is 0.692. The van der Waals surface area contributed by atoms with E-state index >= 15 is 0 Å². The Kier molecular flexibility index (Phi) is 1.70. The summed E-state index contributed by atoms with van der Waals surface area (Å²) in [6.45, 7) is 1.12. The molecule has 11 heavy (non-hydrogen) atoms. The van der Waals surface area contributed by atoms with E-state index in [2.05, 4.69) is 11.4 Å². The van der Waals surface area contributed by atoms with Crippen molar-refractivity contribution in [3.8, 4) is 0 Å². The Bertz CT molecular complexity index is 217. The van der Waals surface area contributed by atoms with Gasteiger partial charge < -0.3 is 9.73 Å². The molecule has 1 N–H and O–H groups in total. The number of hydrogen-bond donors (Lipinski definition) is 1. The van der Waals surface area contributed by atoms with Crippen molar-refractivity contribution in [2.45, 2.75) is 12.3 Å². The van der Waals surface area contributed by atoms with Crippen molar-refractivity contribution in [1.29, 1.82) is 0 Å². The van der Waals surface area contributed by atoms with E-state index in [-0.39, 0.29) is 0 Å². The Morgan fingerprint density at radius 3 is 3.27 bits per heavy atom. The molecule has 0 unspecified atom stereocenters. The average Bonchev–Trinajstić information content (AvgIpc) is 2.61. The van der Waals surface area contributed by atoms with Crippen molar-refractivity contribution in [1.82, 2.24) is 5.32 Å². The van der Waals surface area contributed by atoms with E-state index in [4.69, 9.17) is 4.42 Å². The molecule has 1 aromatic rings. The molecule has 2 rings (SSSR count). The number of hydrogen-bond acceptors (Lipinski definition) is 2. The van der Waals surface area contributed by atoms with Gasteiger partial charge in [-0.3, -0.25) is 0 Å². The quantitative estimate of drug-likeness (QED) is 0.709. The second-order valence-corrected chi connectivity index (χ2v) is 3.18. The molecule has 0 aromatic carbocycles. The highest BCUT2D eigenvalue weighted by molar-refractivity contribution is 5.15. The van der Waals surface area contributed by atoms with Crippen molar-refractivity contribution < 1.29 is 4.42 Å². The molecule has 2 nitrogen and oxygen atoms in total. The summed E-state index contributed by atoms with van der Waals surface area (Å²) in [5.41, 5.74) is 0. The Morgan fingerprint density at radius 2 is 2.64 bits per heavy atom. The first-order chi connectivity index (χ1) is 5.42. The third-order valence-corrected chi connectivity index (χ3v) is 2.30. The smallest absolute Gasteiger partial charge is 0.107 e. The van der Waals surface area contributed by atoms with Crippen molar-refractivity contribution in [3.63, 3.8) is 0 Å². The highest BCUT2D eigenvalue weighted by Gasteiger charge is 2.39. The molecular weight excluding hydrogens is 138 g/mol. The zero-order chi connectivity index (χ0) is 7.68. The summed E-state index contributed by atoms with van der Waals surface area (Å²) in [5, 5.41) is 3.18. The molecule has 0 bridgehead atoms. The van der Waals surface area contributed by atoms with E-state index in [1.165, 1.54) is 6.42 Å². The molecule has 1 heterocycles. The van der Waals surface area contributed by atoms with Gasteiger partial charge >= 0.3 is 0 Å². The molecule has 1 aliphatic rings. The lowest BCUT2D eigenvalue weighted by molar-refractivity contribution is 0.501. The number of nitrogens with one attached hydrogen (secondary N) is 1. The first-order valence-corrected chi connectivity index (χ1v) is 4.10. The summed E-state index contributed by atoms with van der Waals surface area (Å²) < 4.78 is 5.31. The third-order valence-electron chi connectivity index (χ3n) is 2.30. The maximum absolute atomic E-state index is 5.31. The monoisotopic (exact) mass is 151 g/mol. The fourth-order valence-electron chi connectivity index (χ4n) is 1.59. The number of furan rings is 1. The maximum Gasteiger partial charge on any atom is 0.107 e. The Balaban J connectivity index is 1.92. The SMILES string of the molecule is CNC[C@H]1C[C@H]1c1ccco1. The van der Waals surface area contributed by atoms with E-state index < -0.39 is 0 Å². The van der Waals surface area contributed by atoms with Gasteiger partial charge in [-0.2, -0.15) is 0 Å². The van der Waals surface area contributed by atoms with Gasteiger partial charge in [0.1, 0.15) is 5.76 Å². The Hall–Kier alpha value is -0.760. The van der Waals surface area contributed by atoms with Gasteiger partial charge in [-0.25, -0.2) is 0 Å². The summed E-state index contributed by atoms with van der Waals surface area (Å²) in [5.74, 6) is 2.66. The van der Waals surface area contributed by atoms with Crippen LogP contribution >= 0.6 is 0 Å². The molecule has 0 aliphatic heterocycles. The van der Waals surface area contributed by atoms with Crippen LogP contribution in [0, 0.1) is 5.92 Å². The Labute approximate surface area is 66.6 Å². The van der Waals surface area contributed by atoms with E-state index in [0.29, 0.717) is 5.92 Å². The van der Waals surface area contributed by atoms with Crippen LogP contribution in [0.4, 0.5) is 0 Å². The van der Waals surface area contributed by atoms with E-state index in [0.717, 1.165) is 18.2 Å². The lowest BCUT2D eigenvalue weighted by Gasteiger charge is -1.94. The highest BCUT2D eigenvalue weighted by atomic mass is 16.3. The van der Waals surface area contributed by atoms with Crippen LogP contribution in [0.2, 0.25) is 0 Å². The van der Waals surface area contributed by atoms with Gasteiger partial charge in [-0.05, 0) is 38.1 Å². The van der Waals surface area contributed by atoms with Crippen LogP contribution < -0.4 is 5.32 Å². The first-order valence-electron chi connectivity index (χ1n) is 4.10. The molecule has 0 spiro atoms. The molecule has 60 valence electrons. The third kappa shape index (κ3) is 1.31. The fraction of sp³-hybridized carbons (Fsp3) is 0.556. The Morgan fingerprint density at radius 1 is 1.73 bits per heavy atom. The summed E-state index contributed by atoms with van der Waals surface area (Å²) in [4.78, 5) is 0. The lowest BCUT2D eigenvalue weighted by atomic mass is 10.2. The van der Waals surface area contributed by atoms with Gasteiger partial charge in [-0.1, -0.05) is 0 Å². The van der Waals surface area contributed by atoms with Crippen LogP contribution in [0.15, 0.2) is 22.8 Å². The van der Waals surface area contributed by atoms with Gasteiger partial charge in [0.25, 0.3) is 0 Å².